The first-order chi connectivity index (χ1) is 13.9. The maximum absolute atomic E-state index is 13.0. The largest absolute Gasteiger partial charge is 0.465 e. The highest BCUT2D eigenvalue weighted by molar-refractivity contribution is 7.80. The average Bonchev–Trinajstić information content (AvgIpc) is 3.25. The Morgan fingerprint density at radius 2 is 2.03 bits per heavy atom. The molecule has 0 amide bonds. The summed E-state index contributed by atoms with van der Waals surface area (Å²) in [6.07, 6.45) is 2.27. The van der Waals surface area contributed by atoms with Crippen LogP contribution in [0.15, 0.2) is 30.6 Å². The molecule has 2 N–H and O–H groups in total. The SMILES string of the molecule is CCc1c(C)sc(NC(=S)Nc2ncn(Cc3ccc(F)cc3)n2)c1C(=O)OC. The van der Waals surface area contributed by atoms with E-state index in [-0.39, 0.29) is 10.9 Å². The van der Waals surface area contributed by atoms with Gasteiger partial charge < -0.3 is 10.1 Å². The second-order valence-electron chi connectivity index (χ2n) is 6.16. The van der Waals surface area contributed by atoms with E-state index in [1.807, 2.05) is 13.8 Å². The summed E-state index contributed by atoms with van der Waals surface area (Å²) in [6, 6.07) is 6.18. The zero-order valence-electron chi connectivity index (χ0n) is 16.2. The number of halogens is 1. The van der Waals surface area contributed by atoms with Crippen molar-refractivity contribution in [3.05, 3.63) is 58.0 Å². The predicted octanol–water partition coefficient (Wildman–Crippen LogP) is 3.99. The molecule has 0 unspecified atom stereocenters. The van der Waals surface area contributed by atoms with E-state index in [1.54, 1.807) is 23.1 Å². The number of nitrogens with zero attached hydrogens (tertiary/aromatic N) is 3. The molecule has 7 nitrogen and oxygen atoms in total. The molecule has 0 fully saturated rings. The van der Waals surface area contributed by atoms with Gasteiger partial charge in [0.1, 0.15) is 17.1 Å². The first-order valence-electron chi connectivity index (χ1n) is 8.83. The molecule has 0 saturated carbocycles. The highest BCUT2D eigenvalue weighted by atomic mass is 32.1. The zero-order chi connectivity index (χ0) is 21.0. The lowest BCUT2D eigenvalue weighted by atomic mass is 10.1. The van der Waals surface area contributed by atoms with Crippen LogP contribution in [0.1, 0.15) is 33.3 Å². The fraction of sp³-hybridized carbons (Fsp3) is 0.263. The topological polar surface area (TPSA) is 81.1 Å². The van der Waals surface area contributed by atoms with Crippen LogP contribution in [0.4, 0.5) is 15.3 Å². The van der Waals surface area contributed by atoms with Crippen LogP contribution in [0.25, 0.3) is 0 Å². The summed E-state index contributed by atoms with van der Waals surface area (Å²) >= 11 is 6.78. The minimum atomic E-state index is -0.404. The van der Waals surface area contributed by atoms with Crippen molar-refractivity contribution in [3.63, 3.8) is 0 Å². The van der Waals surface area contributed by atoms with Crippen LogP contribution in [-0.2, 0) is 17.7 Å². The van der Waals surface area contributed by atoms with Crippen LogP contribution in [0, 0.1) is 12.7 Å². The van der Waals surface area contributed by atoms with E-state index in [9.17, 15) is 9.18 Å². The van der Waals surface area contributed by atoms with Crippen molar-refractivity contribution < 1.29 is 13.9 Å². The second kappa shape index (κ2) is 9.10. The maximum Gasteiger partial charge on any atom is 0.341 e. The van der Waals surface area contributed by atoms with Crippen molar-refractivity contribution in [2.75, 3.05) is 17.7 Å². The molecule has 0 radical (unpaired) electrons. The summed E-state index contributed by atoms with van der Waals surface area (Å²) in [6.45, 7) is 4.39. The molecule has 2 heterocycles. The summed E-state index contributed by atoms with van der Waals surface area (Å²) in [5.74, 6) is -0.376. The molecule has 3 aromatic rings. The van der Waals surface area contributed by atoms with E-state index in [4.69, 9.17) is 17.0 Å². The van der Waals surface area contributed by atoms with E-state index in [1.165, 1.54) is 30.6 Å². The number of anilines is 2. The third-order valence-electron chi connectivity index (χ3n) is 4.20. The van der Waals surface area contributed by atoms with Gasteiger partial charge in [0, 0.05) is 4.88 Å². The van der Waals surface area contributed by atoms with Gasteiger partial charge in [0.2, 0.25) is 5.95 Å². The Morgan fingerprint density at radius 3 is 2.69 bits per heavy atom. The van der Waals surface area contributed by atoms with Crippen LogP contribution in [0.5, 0.6) is 0 Å². The molecule has 29 heavy (non-hydrogen) atoms. The van der Waals surface area contributed by atoms with Crippen molar-refractivity contribution >= 4 is 45.6 Å². The zero-order valence-corrected chi connectivity index (χ0v) is 17.8. The van der Waals surface area contributed by atoms with Gasteiger partial charge >= 0.3 is 5.97 Å². The first-order valence-corrected chi connectivity index (χ1v) is 10.1. The number of thiocarbonyl (C=S) groups is 1. The number of aryl methyl sites for hydroxylation is 1. The number of rotatable bonds is 6. The maximum atomic E-state index is 13.0. The Hall–Kier alpha value is -2.85. The summed E-state index contributed by atoms with van der Waals surface area (Å²) in [5, 5.41) is 11.1. The van der Waals surface area contributed by atoms with Crippen molar-refractivity contribution in [2.24, 2.45) is 0 Å². The van der Waals surface area contributed by atoms with E-state index in [0.29, 0.717) is 29.5 Å². The normalized spacial score (nSPS) is 10.6. The van der Waals surface area contributed by atoms with Gasteiger partial charge in [-0.1, -0.05) is 19.1 Å². The van der Waals surface area contributed by atoms with Gasteiger partial charge in [-0.3, -0.25) is 5.32 Å². The van der Waals surface area contributed by atoms with Crippen molar-refractivity contribution in [1.82, 2.24) is 14.8 Å². The van der Waals surface area contributed by atoms with Gasteiger partial charge in [-0.15, -0.1) is 16.4 Å². The molecule has 0 saturated heterocycles. The fourth-order valence-electron chi connectivity index (χ4n) is 2.85. The molecular formula is C19H20FN5O2S2. The lowest BCUT2D eigenvalue weighted by molar-refractivity contribution is 0.0601. The highest BCUT2D eigenvalue weighted by Crippen LogP contribution is 2.34. The lowest BCUT2D eigenvalue weighted by Gasteiger charge is -2.09. The van der Waals surface area contributed by atoms with Gasteiger partial charge in [-0.2, -0.15) is 0 Å². The van der Waals surface area contributed by atoms with Gasteiger partial charge in [0.05, 0.1) is 19.2 Å². The molecule has 0 bridgehead atoms. The molecule has 2 aromatic heterocycles. The number of esters is 1. The van der Waals surface area contributed by atoms with Crippen LogP contribution in [0.3, 0.4) is 0 Å². The molecule has 0 aliphatic carbocycles. The lowest BCUT2D eigenvalue weighted by Crippen LogP contribution is -2.21. The number of aromatic nitrogens is 3. The van der Waals surface area contributed by atoms with E-state index < -0.39 is 5.97 Å². The van der Waals surface area contributed by atoms with E-state index in [0.717, 1.165) is 16.0 Å². The van der Waals surface area contributed by atoms with Crippen molar-refractivity contribution in [1.29, 1.82) is 0 Å². The highest BCUT2D eigenvalue weighted by Gasteiger charge is 2.22. The number of methoxy groups -OCH3 is 1. The number of hydrogen-bond acceptors (Lipinski definition) is 6. The Morgan fingerprint density at radius 1 is 1.31 bits per heavy atom. The van der Waals surface area contributed by atoms with E-state index in [2.05, 4.69) is 20.7 Å². The minimum Gasteiger partial charge on any atom is -0.465 e. The third-order valence-corrected chi connectivity index (χ3v) is 5.47. The summed E-state index contributed by atoms with van der Waals surface area (Å²) in [7, 11) is 1.35. The second-order valence-corrected chi connectivity index (χ2v) is 7.79. The standard InChI is InChI=1S/C19H20FN5O2S2/c1-4-14-11(2)29-16(15(14)17(26)27-3)22-19(28)23-18-21-10-25(24-18)9-12-5-7-13(20)8-6-12/h5-8,10H,4,9H2,1-3H3,(H2,22,23,24,28). The van der Waals surface area contributed by atoms with Gasteiger partial charge in [-0.05, 0) is 48.8 Å². The van der Waals surface area contributed by atoms with Gasteiger partial charge in [0.15, 0.2) is 5.11 Å². The predicted molar refractivity (Wildman–Crippen MR) is 115 cm³/mol. The third kappa shape index (κ3) is 4.96. The fourth-order valence-corrected chi connectivity index (χ4v) is 4.25. The number of thiophene rings is 1. The Bertz CT molecular complexity index is 1030. The van der Waals surface area contributed by atoms with Crippen LogP contribution in [-0.4, -0.2) is 33.0 Å². The Labute approximate surface area is 176 Å². The molecular weight excluding hydrogens is 413 g/mol. The molecule has 3 rings (SSSR count). The molecule has 0 atom stereocenters. The van der Waals surface area contributed by atoms with Crippen LogP contribution in [0.2, 0.25) is 0 Å². The number of carbonyl (C=O) groups is 1. The van der Waals surface area contributed by atoms with Gasteiger partial charge in [-0.25, -0.2) is 18.9 Å². The molecule has 0 aliphatic rings. The molecule has 0 spiro atoms. The monoisotopic (exact) mass is 433 g/mol. The van der Waals surface area contributed by atoms with E-state index >= 15 is 0 Å². The summed E-state index contributed by atoms with van der Waals surface area (Å²) in [5.41, 5.74) is 2.33. The number of carbonyl (C=O) groups excluding carboxylic acids is 1. The number of nitrogens with one attached hydrogen (secondary N) is 2. The minimum absolute atomic E-state index is 0.263. The van der Waals surface area contributed by atoms with Crippen LogP contribution < -0.4 is 10.6 Å². The van der Waals surface area contributed by atoms with Crippen molar-refractivity contribution in [2.45, 2.75) is 26.8 Å². The quantitative estimate of drug-likeness (QED) is 0.449. The molecule has 1 aromatic carbocycles. The summed E-state index contributed by atoms with van der Waals surface area (Å²) in [4.78, 5) is 17.4. The average molecular weight is 434 g/mol. The Balaban J connectivity index is 1.68. The smallest absolute Gasteiger partial charge is 0.341 e. The number of ether oxygens (including phenoxy) is 1. The molecule has 0 aliphatic heterocycles. The summed E-state index contributed by atoms with van der Waals surface area (Å²) < 4.78 is 19.5. The molecule has 152 valence electrons. The van der Waals surface area contributed by atoms with Crippen molar-refractivity contribution in [3.8, 4) is 0 Å². The van der Waals surface area contributed by atoms with Gasteiger partial charge in [0.25, 0.3) is 0 Å². The van der Waals surface area contributed by atoms with Crippen LogP contribution >= 0.6 is 23.6 Å². The number of hydrogen-bond donors (Lipinski definition) is 2. The molecule has 10 heteroatoms. The Kier molecular flexibility index (Phi) is 6.55. The first kappa shape index (κ1) is 20.9. The number of benzene rings is 1.